The predicted octanol–water partition coefficient (Wildman–Crippen LogP) is 3.66. The molecule has 40 heavy (non-hydrogen) atoms. The number of ether oxygens (including phenoxy) is 3. The number of likely N-dealkylation sites (tertiary alicyclic amines) is 1. The van der Waals surface area contributed by atoms with Crippen LogP contribution in [0.1, 0.15) is 46.4 Å². The van der Waals surface area contributed by atoms with Crippen LogP contribution in [0, 0.1) is 0 Å². The number of amides is 1. The van der Waals surface area contributed by atoms with E-state index in [0.717, 1.165) is 22.7 Å². The second kappa shape index (κ2) is 9.92. The molecule has 2 aliphatic heterocycles. The van der Waals surface area contributed by atoms with Crippen molar-refractivity contribution in [3.63, 3.8) is 0 Å². The Morgan fingerprint density at radius 2 is 1.77 bits per heavy atom. The predicted molar refractivity (Wildman–Crippen MR) is 150 cm³/mol. The maximum absolute atomic E-state index is 12.4. The maximum atomic E-state index is 12.4. The molecule has 0 unspecified atom stereocenters. The minimum atomic E-state index is -0.539. The number of aryl methyl sites for hydroxylation is 1. The van der Waals surface area contributed by atoms with Gasteiger partial charge in [0.05, 0.1) is 37.3 Å². The van der Waals surface area contributed by atoms with E-state index < -0.39 is 5.60 Å². The van der Waals surface area contributed by atoms with E-state index in [0.29, 0.717) is 62.5 Å². The number of morpholine rings is 1. The van der Waals surface area contributed by atoms with Gasteiger partial charge in [-0.25, -0.2) is 9.78 Å². The van der Waals surface area contributed by atoms with Crippen molar-refractivity contribution in [2.24, 2.45) is 7.05 Å². The van der Waals surface area contributed by atoms with Crippen LogP contribution >= 0.6 is 0 Å². The summed E-state index contributed by atoms with van der Waals surface area (Å²) in [6.45, 7) is 13.3. The molecule has 3 aromatic heterocycles. The Balaban J connectivity index is 1.38. The first kappa shape index (κ1) is 26.3. The summed E-state index contributed by atoms with van der Waals surface area (Å²) in [7, 11) is 1.89. The highest BCUT2D eigenvalue weighted by Gasteiger charge is 2.36. The molecule has 0 N–H and O–H groups in total. The lowest BCUT2D eigenvalue weighted by atomic mass is 10.2. The highest BCUT2D eigenvalue weighted by atomic mass is 16.6. The molecule has 212 valence electrons. The van der Waals surface area contributed by atoms with E-state index in [4.69, 9.17) is 34.1 Å². The Morgan fingerprint density at radius 3 is 2.48 bits per heavy atom. The van der Waals surface area contributed by atoms with Gasteiger partial charge in [0.15, 0.2) is 17.0 Å². The first-order chi connectivity index (χ1) is 19.1. The Kier molecular flexibility index (Phi) is 6.52. The van der Waals surface area contributed by atoms with Gasteiger partial charge in [0.2, 0.25) is 5.95 Å². The van der Waals surface area contributed by atoms with Crippen LogP contribution in [0.4, 0.5) is 10.6 Å². The molecule has 12 nitrogen and oxygen atoms in total. The molecule has 1 aromatic carbocycles. The third kappa shape index (κ3) is 4.80. The van der Waals surface area contributed by atoms with Gasteiger partial charge in [-0.1, -0.05) is 26.0 Å². The fourth-order valence-corrected chi connectivity index (χ4v) is 5.00. The lowest BCUT2D eigenvalue weighted by Gasteiger charge is -2.38. The molecule has 2 fully saturated rings. The molecule has 0 aliphatic carbocycles. The zero-order chi connectivity index (χ0) is 28.2. The van der Waals surface area contributed by atoms with Gasteiger partial charge < -0.3 is 24.0 Å². The highest BCUT2D eigenvalue weighted by Crippen LogP contribution is 2.32. The number of anilines is 1. The van der Waals surface area contributed by atoms with Crippen LogP contribution in [0.2, 0.25) is 0 Å². The summed E-state index contributed by atoms with van der Waals surface area (Å²) < 4.78 is 21.2. The van der Waals surface area contributed by atoms with Gasteiger partial charge in [0.25, 0.3) is 6.01 Å². The summed E-state index contributed by atoms with van der Waals surface area (Å²) in [4.78, 5) is 36.0. The number of carbonyl (C=O) groups is 1. The fourth-order valence-electron chi connectivity index (χ4n) is 5.00. The zero-order valence-electron chi connectivity index (χ0n) is 23.9. The lowest BCUT2D eigenvalue weighted by molar-refractivity contribution is -0.0249. The second-order valence-corrected chi connectivity index (χ2v) is 11.6. The number of hydrogen-bond donors (Lipinski definition) is 0. The largest absolute Gasteiger partial charge is 0.458 e. The number of hydrogen-bond acceptors (Lipinski definition) is 9. The van der Waals surface area contributed by atoms with Crippen LogP contribution in [-0.4, -0.2) is 91.2 Å². The first-order valence-corrected chi connectivity index (χ1v) is 13.8. The lowest BCUT2D eigenvalue weighted by Crippen LogP contribution is -2.57. The highest BCUT2D eigenvalue weighted by molar-refractivity contribution is 5.86. The summed E-state index contributed by atoms with van der Waals surface area (Å²) in [5, 5.41) is 0. The molecule has 0 atom stereocenters. The normalized spacial score (nSPS) is 16.7. The fraction of sp³-hybridized carbons (Fsp3) is 0.536. The average Bonchev–Trinajstić information content (AvgIpc) is 3.43. The van der Waals surface area contributed by atoms with Crippen LogP contribution in [-0.2, 0) is 16.5 Å². The number of carbonyl (C=O) groups excluding carboxylic acids is 1. The molecule has 0 saturated carbocycles. The Labute approximate surface area is 232 Å². The van der Waals surface area contributed by atoms with Crippen molar-refractivity contribution >= 4 is 34.1 Å². The molecular weight excluding hydrogens is 512 g/mol. The van der Waals surface area contributed by atoms with E-state index in [-0.39, 0.29) is 18.1 Å². The van der Waals surface area contributed by atoms with Crippen molar-refractivity contribution < 1.29 is 19.0 Å². The van der Waals surface area contributed by atoms with Crippen LogP contribution < -0.4 is 9.64 Å². The van der Waals surface area contributed by atoms with E-state index in [2.05, 4.69) is 18.7 Å². The van der Waals surface area contributed by atoms with Gasteiger partial charge in [0, 0.05) is 26.1 Å². The molecule has 0 bridgehead atoms. The van der Waals surface area contributed by atoms with Crippen molar-refractivity contribution in [1.29, 1.82) is 0 Å². The van der Waals surface area contributed by atoms with Crippen LogP contribution in [0.3, 0.4) is 0 Å². The average molecular weight is 549 g/mol. The van der Waals surface area contributed by atoms with Gasteiger partial charge in [-0.2, -0.15) is 15.0 Å². The van der Waals surface area contributed by atoms with Gasteiger partial charge in [-0.05, 0) is 32.9 Å². The van der Waals surface area contributed by atoms with Crippen LogP contribution in [0.5, 0.6) is 6.01 Å². The zero-order valence-corrected chi connectivity index (χ0v) is 23.9. The maximum Gasteiger partial charge on any atom is 0.410 e. The summed E-state index contributed by atoms with van der Waals surface area (Å²) in [6, 6.07) is 8.47. The summed E-state index contributed by atoms with van der Waals surface area (Å²) >= 11 is 0. The standard InChI is InChI=1S/C28H36N8O4/c1-17(2)22-29-19-9-7-8-10-20(19)36(22)25-31-23-21(24(32-25)34-11-13-38-14-12-34)30-26(33(23)6)39-18-15-35(16-18)27(37)40-28(3,4)5/h7-10,17-18H,11-16H2,1-6H3. The van der Waals surface area contributed by atoms with Crippen molar-refractivity contribution in [3.8, 4) is 12.0 Å². The van der Waals surface area contributed by atoms with Crippen LogP contribution in [0.15, 0.2) is 24.3 Å². The number of aromatic nitrogens is 6. The molecule has 2 aliphatic rings. The topological polar surface area (TPSA) is 113 Å². The number of fused-ring (bicyclic) bond motifs is 2. The third-order valence-electron chi connectivity index (χ3n) is 7.03. The Bertz CT molecular complexity index is 1560. The van der Waals surface area contributed by atoms with E-state index in [1.54, 1.807) is 4.90 Å². The van der Waals surface area contributed by atoms with Crippen molar-refractivity contribution in [2.75, 3.05) is 44.3 Å². The van der Waals surface area contributed by atoms with Crippen molar-refractivity contribution in [2.45, 2.75) is 52.2 Å². The summed E-state index contributed by atoms with van der Waals surface area (Å²) in [5.41, 5.74) is 2.65. The number of benzene rings is 1. The van der Waals surface area contributed by atoms with Gasteiger partial charge in [-0.3, -0.25) is 9.13 Å². The monoisotopic (exact) mass is 548 g/mol. The van der Waals surface area contributed by atoms with E-state index in [1.807, 2.05) is 61.2 Å². The molecule has 1 amide bonds. The summed E-state index contributed by atoms with van der Waals surface area (Å²) in [6.07, 6.45) is -0.525. The minimum Gasteiger partial charge on any atom is -0.458 e. The molecule has 0 spiro atoms. The molecule has 5 heterocycles. The van der Waals surface area contributed by atoms with Gasteiger partial charge in [-0.15, -0.1) is 0 Å². The van der Waals surface area contributed by atoms with Gasteiger partial charge in [0.1, 0.15) is 17.5 Å². The Morgan fingerprint density at radius 1 is 1.05 bits per heavy atom. The van der Waals surface area contributed by atoms with Gasteiger partial charge >= 0.3 is 6.09 Å². The SMILES string of the molecule is CC(C)c1nc2ccccc2n1-c1nc(N2CCOCC2)c2nc(OC3CN(C(=O)OC(C)(C)C)C3)n(C)c2n1. The molecule has 6 rings (SSSR count). The van der Waals surface area contributed by atoms with E-state index in [9.17, 15) is 4.79 Å². The number of imidazole rings is 2. The smallest absolute Gasteiger partial charge is 0.410 e. The number of para-hydroxylation sites is 2. The molecular formula is C28H36N8O4. The quantitative estimate of drug-likeness (QED) is 0.369. The first-order valence-electron chi connectivity index (χ1n) is 13.8. The van der Waals surface area contributed by atoms with Crippen LogP contribution in [0.25, 0.3) is 28.1 Å². The Hall–Kier alpha value is -3.93. The minimum absolute atomic E-state index is 0.163. The molecule has 4 aromatic rings. The van der Waals surface area contributed by atoms with Crippen molar-refractivity contribution in [3.05, 3.63) is 30.1 Å². The van der Waals surface area contributed by atoms with E-state index in [1.165, 1.54) is 0 Å². The molecule has 0 radical (unpaired) electrons. The third-order valence-corrected chi connectivity index (χ3v) is 7.03. The molecule has 12 heteroatoms. The molecule has 2 saturated heterocycles. The van der Waals surface area contributed by atoms with Crippen molar-refractivity contribution in [1.82, 2.24) is 34.0 Å². The second-order valence-electron chi connectivity index (χ2n) is 11.6. The number of rotatable bonds is 5. The summed E-state index contributed by atoms with van der Waals surface area (Å²) in [5.74, 6) is 2.34. The number of nitrogens with zero attached hydrogens (tertiary/aromatic N) is 8. The van der Waals surface area contributed by atoms with E-state index >= 15 is 0 Å².